The summed E-state index contributed by atoms with van der Waals surface area (Å²) in [5.74, 6) is 2.94. The van der Waals surface area contributed by atoms with Crippen LogP contribution in [0.4, 0.5) is 5.82 Å². The quantitative estimate of drug-likeness (QED) is 0.916. The molecule has 1 atom stereocenters. The Balaban J connectivity index is 1.97. The number of ether oxygens (including phenoxy) is 1. The fraction of sp³-hybridized carbons (Fsp3) is 0.333. The second kappa shape index (κ2) is 5.26. The standard InChI is InChI=1S/C15H17N3O/c1-2-16-14-7-9-17-15(18-14)12-8-10-19-13-6-4-3-5-11(12)13/h3-7,9,12H,2,8,10H2,1H3,(H,16,17,18). The second-order valence-electron chi connectivity index (χ2n) is 4.56. The third kappa shape index (κ3) is 2.38. The Morgan fingerprint density at radius 3 is 3.11 bits per heavy atom. The zero-order chi connectivity index (χ0) is 13.1. The van der Waals surface area contributed by atoms with Crippen LogP contribution in [-0.2, 0) is 0 Å². The summed E-state index contributed by atoms with van der Waals surface area (Å²) in [7, 11) is 0. The van der Waals surface area contributed by atoms with Crippen molar-refractivity contribution in [2.45, 2.75) is 19.3 Å². The van der Waals surface area contributed by atoms with Crippen molar-refractivity contribution in [3.8, 4) is 5.75 Å². The summed E-state index contributed by atoms with van der Waals surface area (Å²) in [6.07, 6.45) is 2.74. The zero-order valence-corrected chi connectivity index (χ0v) is 11.0. The third-order valence-electron chi connectivity index (χ3n) is 3.30. The van der Waals surface area contributed by atoms with Gasteiger partial charge in [0.1, 0.15) is 17.4 Å². The fourth-order valence-corrected chi connectivity index (χ4v) is 2.43. The van der Waals surface area contributed by atoms with Gasteiger partial charge in [-0.3, -0.25) is 0 Å². The van der Waals surface area contributed by atoms with Gasteiger partial charge < -0.3 is 10.1 Å². The van der Waals surface area contributed by atoms with E-state index in [1.165, 1.54) is 5.56 Å². The van der Waals surface area contributed by atoms with Gasteiger partial charge in [0.2, 0.25) is 0 Å². The van der Waals surface area contributed by atoms with Crippen molar-refractivity contribution in [2.24, 2.45) is 0 Å². The van der Waals surface area contributed by atoms with E-state index in [-0.39, 0.29) is 5.92 Å². The van der Waals surface area contributed by atoms with Gasteiger partial charge in [-0.2, -0.15) is 0 Å². The largest absolute Gasteiger partial charge is 0.493 e. The smallest absolute Gasteiger partial charge is 0.138 e. The van der Waals surface area contributed by atoms with Crippen molar-refractivity contribution in [1.29, 1.82) is 0 Å². The highest BCUT2D eigenvalue weighted by Crippen LogP contribution is 2.36. The van der Waals surface area contributed by atoms with Crippen molar-refractivity contribution < 1.29 is 4.74 Å². The van der Waals surface area contributed by atoms with Gasteiger partial charge in [-0.15, -0.1) is 0 Å². The van der Waals surface area contributed by atoms with E-state index in [0.29, 0.717) is 0 Å². The molecular formula is C15H17N3O. The van der Waals surface area contributed by atoms with Gasteiger partial charge in [0.25, 0.3) is 0 Å². The topological polar surface area (TPSA) is 47.0 Å². The first-order chi connectivity index (χ1) is 9.38. The van der Waals surface area contributed by atoms with Crippen molar-refractivity contribution >= 4 is 5.82 Å². The molecule has 0 saturated heterocycles. The number of nitrogens with zero attached hydrogens (tertiary/aromatic N) is 2. The van der Waals surface area contributed by atoms with Crippen molar-refractivity contribution in [3.05, 3.63) is 47.9 Å². The summed E-state index contributed by atoms with van der Waals surface area (Å²) >= 11 is 0. The van der Waals surface area contributed by atoms with Gasteiger partial charge in [0, 0.05) is 18.3 Å². The fourth-order valence-electron chi connectivity index (χ4n) is 2.43. The molecule has 4 heteroatoms. The molecule has 2 heterocycles. The van der Waals surface area contributed by atoms with Crippen LogP contribution in [-0.4, -0.2) is 23.1 Å². The lowest BCUT2D eigenvalue weighted by atomic mass is 9.92. The number of rotatable bonds is 3. The molecule has 98 valence electrons. The van der Waals surface area contributed by atoms with Gasteiger partial charge in [-0.1, -0.05) is 18.2 Å². The van der Waals surface area contributed by atoms with Crippen LogP contribution < -0.4 is 10.1 Å². The van der Waals surface area contributed by atoms with E-state index in [0.717, 1.165) is 37.0 Å². The van der Waals surface area contributed by atoms with Crippen LogP contribution in [0.15, 0.2) is 36.5 Å². The molecule has 19 heavy (non-hydrogen) atoms. The van der Waals surface area contributed by atoms with E-state index in [4.69, 9.17) is 4.74 Å². The monoisotopic (exact) mass is 255 g/mol. The normalized spacial score (nSPS) is 17.4. The number of para-hydroxylation sites is 1. The molecule has 1 aliphatic rings. The molecule has 0 saturated carbocycles. The predicted octanol–water partition coefficient (Wildman–Crippen LogP) is 2.82. The molecule has 1 aliphatic heterocycles. The summed E-state index contributed by atoms with van der Waals surface area (Å²) in [5.41, 5.74) is 1.18. The SMILES string of the molecule is CCNc1ccnc(C2CCOc3ccccc32)n1. The highest BCUT2D eigenvalue weighted by Gasteiger charge is 2.24. The average molecular weight is 255 g/mol. The second-order valence-corrected chi connectivity index (χ2v) is 4.56. The third-order valence-corrected chi connectivity index (χ3v) is 3.30. The minimum atomic E-state index is 0.226. The van der Waals surface area contributed by atoms with E-state index in [1.807, 2.05) is 30.5 Å². The van der Waals surface area contributed by atoms with Crippen LogP contribution in [0.3, 0.4) is 0 Å². The molecule has 2 aromatic rings. The van der Waals surface area contributed by atoms with E-state index in [2.05, 4.69) is 28.3 Å². The number of hydrogen-bond acceptors (Lipinski definition) is 4. The van der Waals surface area contributed by atoms with Gasteiger partial charge in [0.15, 0.2) is 0 Å². The summed E-state index contributed by atoms with van der Waals surface area (Å²) in [6.45, 7) is 3.64. The lowest BCUT2D eigenvalue weighted by Crippen LogP contribution is -2.17. The molecule has 1 unspecified atom stereocenters. The molecule has 0 bridgehead atoms. The van der Waals surface area contributed by atoms with Crippen LogP contribution >= 0.6 is 0 Å². The van der Waals surface area contributed by atoms with Gasteiger partial charge >= 0.3 is 0 Å². The maximum Gasteiger partial charge on any atom is 0.138 e. The first kappa shape index (κ1) is 12.0. The summed E-state index contributed by atoms with van der Waals surface area (Å²) in [5, 5.41) is 3.23. The van der Waals surface area contributed by atoms with Gasteiger partial charge in [-0.05, 0) is 25.5 Å². The number of aromatic nitrogens is 2. The molecule has 0 fully saturated rings. The van der Waals surface area contributed by atoms with Crippen LogP contribution in [0.25, 0.3) is 0 Å². The Labute approximate surface area is 112 Å². The summed E-state index contributed by atoms with van der Waals surface area (Å²) in [4.78, 5) is 9.04. The first-order valence-electron chi connectivity index (χ1n) is 6.67. The number of benzene rings is 1. The number of anilines is 1. The van der Waals surface area contributed by atoms with Crippen LogP contribution in [0.2, 0.25) is 0 Å². The molecule has 1 aromatic carbocycles. The van der Waals surface area contributed by atoms with Crippen LogP contribution in [0.1, 0.15) is 30.7 Å². The highest BCUT2D eigenvalue weighted by atomic mass is 16.5. The maximum absolute atomic E-state index is 5.68. The predicted molar refractivity (Wildman–Crippen MR) is 74.6 cm³/mol. The highest BCUT2D eigenvalue weighted by molar-refractivity contribution is 5.42. The summed E-state index contributed by atoms with van der Waals surface area (Å²) < 4.78 is 5.68. The molecule has 1 aromatic heterocycles. The molecule has 4 nitrogen and oxygen atoms in total. The molecule has 0 spiro atoms. The van der Waals surface area contributed by atoms with E-state index >= 15 is 0 Å². The van der Waals surface area contributed by atoms with E-state index in [1.54, 1.807) is 0 Å². The molecular weight excluding hydrogens is 238 g/mol. The minimum Gasteiger partial charge on any atom is -0.493 e. The maximum atomic E-state index is 5.68. The molecule has 1 N–H and O–H groups in total. The molecule has 3 rings (SSSR count). The average Bonchev–Trinajstić information content (AvgIpc) is 2.47. The van der Waals surface area contributed by atoms with Crippen molar-refractivity contribution in [2.75, 3.05) is 18.5 Å². The van der Waals surface area contributed by atoms with Gasteiger partial charge in [0.05, 0.1) is 12.5 Å². The van der Waals surface area contributed by atoms with Crippen LogP contribution in [0, 0.1) is 0 Å². The lowest BCUT2D eigenvalue weighted by Gasteiger charge is -2.24. The molecule has 0 amide bonds. The Hall–Kier alpha value is -2.10. The Bertz CT molecular complexity index is 571. The summed E-state index contributed by atoms with van der Waals surface area (Å²) in [6, 6.07) is 10.0. The van der Waals surface area contributed by atoms with E-state index in [9.17, 15) is 0 Å². The van der Waals surface area contributed by atoms with Crippen molar-refractivity contribution in [1.82, 2.24) is 9.97 Å². The Morgan fingerprint density at radius 1 is 1.32 bits per heavy atom. The number of hydrogen-bond donors (Lipinski definition) is 1. The molecule has 0 radical (unpaired) electrons. The first-order valence-corrected chi connectivity index (χ1v) is 6.67. The number of fused-ring (bicyclic) bond motifs is 1. The van der Waals surface area contributed by atoms with Crippen LogP contribution in [0.5, 0.6) is 5.75 Å². The van der Waals surface area contributed by atoms with E-state index < -0.39 is 0 Å². The number of nitrogens with one attached hydrogen (secondary N) is 1. The lowest BCUT2D eigenvalue weighted by molar-refractivity contribution is 0.274. The zero-order valence-electron chi connectivity index (χ0n) is 11.0. The Kier molecular flexibility index (Phi) is 3.31. The van der Waals surface area contributed by atoms with Crippen molar-refractivity contribution in [3.63, 3.8) is 0 Å². The Morgan fingerprint density at radius 2 is 2.21 bits per heavy atom. The molecule has 0 aliphatic carbocycles. The van der Waals surface area contributed by atoms with Gasteiger partial charge in [-0.25, -0.2) is 9.97 Å². The minimum absolute atomic E-state index is 0.226.